The van der Waals surface area contributed by atoms with Crippen molar-refractivity contribution in [3.8, 4) is 0 Å². The quantitative estimate of drug-likeness (QED) is 0.0528. The van der Waals surface area contributed by atoms with Crippen LogP contribution >= 0.6 is 0 Å². The largest absolute Gasteiger partial charge is 0.394 e. The number of hydrogen-bond acceptors (Lipinski definition) is 4. The number of aliphatic hydroxyl groups is 3. The van der Waals surface area contributed by atoms with Crippen molar-refractivity contribution in [2.75, 3.05) is 6.61 Å². The van der Waals surface area contributed by atoms with Crippen LogP contribution in [0.15, 0.2) is 0 Å². The Labute approximate surface area is 275 Å². The first-order chi connectivity index (χ1) is 21.4. The minimum Gasteiger partial charge on any atom is -0.394 e. The van der Waals surface area contributed by atoms with Crippen molar-refractivity contribution < 1.29 is 20.1 Å². The topological polar surface area (TPSA) is 89.8 Å². The van der Waals surface area contributed by atoms with Crippen molar-refractivity contribution in [1.82, 2.24) is 5.32 Å². The summed E-state index contributed by atoms with van der Waals surface area (Å²) in [5.41, 5.74) is 0. The Morgan fingerprint density at radius 1 is 0.523 bits per heavy atom. The molecule has 0 saturated carbocycles. The van der Waals surface area contributed by atoms with Crippen molar-refractivity contribution >= 4 is 5.91 Å². The molecule has 4 N–H and O–H groups in total. The van der Waals surface area contributed by atoms with Crippen molar-refractivity contribution in [2.45, 2.75) is 232 Å². The van der Waals surface area contributed by atoms with Crippen LogP contribution in [0.3, 0.4) is 0 Å². The molecule has 0 saturated heterocycles. The van der Waals surface area contributed by atoms with E-state index in [2.05, 4.69) is 26.1 Å². The molecule has 0 aliphatic heterocycles. The van der Waals surface area contributed by atoms with Crippen LogP contribution in [-0.2, 0) is 4.79 Å². The molecule has 0 aromatic rings. The van der Waals surface area contributed by atoms with E-state index in [4.69, 9.17) is 0 Å². The summed E-state index contributed by atoms with van der Waals surface area (Å²) in [5, 5.41) is 33.4. The Hall–Kier alpha value is -0.650. The molecule has 0 unspecified atom stereocenters. The molecular weight excluding hydrogens is 546 g/mol. The third kappa shape index (κ3) is 30.0. The van der Waals surface area contributed by atoms with Crippen LogP contribution in [0.25, 0.3) is 0 Å². The van der Waals surface area contributed by atoms with Crippen molar-refractivity contribution in [1.29, 1.82) is 0 Å². The molecule has 44 heavy (non-hydrogen) atoms. The molecule has 0 aromatic carbocycles. The number of carbonyl (C=O) groups is 1. The van der Waals surface area contributed by atoms with Gasteiger partial charge in [-0.25, -0.2) is 0 Å². The standard InChI is InChI=1S/C39H79NO4/c1-4-5-6-7-8-9-10-11-12-13-14-15-16-17-18-19-24-27-30-33-38(43)40-36(34-41)39(44)37(42)32-29-26-23-21-20-22-25-28-31-35(2)3/h35-37,39,41-42,44H,4-34H2,1-3H3,(H,40,43)/t36-,37+,39-/m0/s1. The average Bonchev–Trinajstić information content (AvgIpc) is 3.01. The summed E-state index contributed by atoms with van der Waals surface area (Å²) < 4.78 is 0. The third-order valence-corrected chi connectivity index (χ3v) is 9.39. The molecule has 5 heteroatoms. The maximum atomic E-state index is 12.4. The highest BCUT2D eigenvalue weighted by Crippen LogP contribution is 2.17. The fourth-order valence-corrected chi connectivity index (χ4v) is 6.29. The number of amides is 1. The predicted molar refractivity (Wildman–Crippen MR) is 190 cm³/mol. The van der Waals surface area contributed by atoms with Crippen LogP contribution in [0.2, 0.25) is 0 Å². The second-order valence-corrected chi connectivity index (χ2v) is 14.3. The van der Waals surface area contributed by atoms with Gasteiger partial charge in [-0.2, -0.15) is 0 Å². The summed E-state index contributed by atoms with van der Waals surface area (Å²) in [7, 11) is 0. The van der Waals surface area contributed by atoms with E-state index in [9.17, 15) is 20.1 Å². The van der Waals surface area contributed by atoms with Crippen LogP contribution in [0, 0.1) is 5.92 Å². The second-order valence-electron chi connectivity index (χ2n) is 14.3. The van der Waals surface area contributed by atoms with Crippen molar-refractivity contribution in [3.05, 3.63) is 0 Å². The van der Waals surface area contributed by atoms with Crippen LogP contribution in [0.4, 0.5) is 0 Å². The third-order valence-electron chi connectivity index (χ3n) is 9.39. The highest BCUT2D eigenvalue weighted by Gasteiger charge is 2.26. The van der Waals surface area contributed by atoms with E-state index in [0.717, 1.165) is 44.4 Å². The van der Waals surface area contributed by atoms with Gasteiger partial charge in [-0.05, 0) is 18.8 Å². The zero-order valence-electron chi connectivity index (χ0n) is 30.0. The Bertz CT molecular complexity index is 584. The van der Waals surface area contributed by atoms with Gasteiger partial charge in [0.2, 0.25) is 5.91 Å². The first-order valence-electron chi connectivity index (χ1n) is 19.7. The second kappa shape index (κ2) is 33.7. The lowest BCUT2D eigenvalue weighted by atomic mass is 9.99. The lowest BCUT2D eigenvalue weighted by molar-refractivity contribution is -0.124. The lowest BCUT2D eigenvalue weighted by Gasteiger charge is -2.26. The molecule has 0 aliphatic carbocycles. The van der Waals surface area contributed by atoms with Crippen LogP contribution in [0.1, 0.15) is 213 Å². The first kappa shape index (κ1) is 43.4. The normalized spacial score (nSPS) is 13.8. The molecule has 264 valence electrons. The Kier molecular flexibility index (Phi) is 33.2. The van der Waals surface area contributed by atoms with Gasteiger partial charge in [-0.3, -0.25) is 4.79 Å². The molecule has 0 radical (unpaired) electrons. The maximum absolute atomic E-state index is 12.4. The summed E-state index contributed by atoms with van der Waals surface area (Å²) in [6, 6.07) is -0.802. The average molecular weight is 626 g/mol. The molecule has 3 atom stereocenters. The molecule has 0 aromatic heterocycles. The van der Waals surface area contributed by atoms with Gasteiger partial charge in [-0.1, -0.05) is 194 Å². The van der Waals surface area contributed by atoms with E-state index in [1.807, 2.05) is 0 Å². The summed E-state index contributed by atoms with van der Waals surface area (Å²) in [6.07, 6.45) is 34.9. The fraction of sp³-hybridized carbons (Fsp3) is 0.974. The van der Waals surface area contributed by atoms with Gasteiger partial charge in [0.15, 0.2) is 0 Å². The Balaban J connectivity index is 3.60. The Morgan fingerprint density at radius 3 is 1.23 bits per heavy atom. The summed E-state index contributed by atoms with van der Waals surface area (Å²) in [6.45, 7) is 6.49. The predicted octanol–water partition coefficient (Wildman–Crippen LogP) is 10.6. The monoisotopic (exact) mass is 626 g/mol. The minimum absolute atomic E-state index is 0.143. The zero-order valence-corrected chi connectivity index (χ0v) is 30.0. The van der Waals surface area contributed by atoms with Crippen LogP contribution < -0.4 is 5.32 Å². The molecular formula is C39H79NO4. The summed E-state index contributed by atoms with van der Waals surface area (Å²) in [4.78, 5) is 12.4. The molecule has 0 spiro atoms. The smallest absolute Gasteiger partial charge is 0.220 e. The molecule has 1 amide bonds. The number of unbranched alkanes of at least 4 members (excludes halogenated alkanes) is 25. The number of rotatable bonds is 35. The molecule has 0 fully saturated rings. The van der Waals surface area contributed by atoms with Crippen molar-refractivity contribution in [3.63, 3.8) is 0 Å². The number of carbonyl (C=O) groups excluding carboxylic acids is 1. The molecule has 0 bridgehead atoms. The van der Waals surface area contributed by atoms with Gasteiger partial charge in [0, 0.05) is 6.42 Å². The molecule has 0 heterocycles. The summed E-state index contributed by atoms with van der Waals surface area (Å²) >= 11 is 0. The van der Waals surface area contributed by atoms with Gasteiger partial charge in [0.05, 0.1) is 18.8 Å². The number of aliphatic hydroxyl groups excluding tert-OH is 3. The summed E-state index contributed by atoms with van der Waals surface area (Å²) in [5.74, 6) is 0.662. The van der Waals surface area contributed by atoms with E-state index in [1.54, 1.807) is 0 Å². The Morgan fingerprint density at radius 2 is 0.864 bits per heavy atom. The van der Waals surface area contributed by atoms with Crippen LogP contribution in [-0.4, -0.2) is 46.1 Å². The van der Waals surface area contributed by atoms with Gasteiger partial charge in [0.1, 0.15) is 6.10 Å². The highest BCUT2D eigenvalue weighted by atomic mass is 16.3. The van der Waals surface area contributed by atoms with Gasteiger partial charge in [-0.15, -0.1) is 0 Å². The van der Waals surface area contributed by atoms with Gasteiger partial charge in [0.25, 0.3) is 0 Å². The number of nitrogens with one attached hydrogen (secondary N) is 1. The molecule has 5 nitrogen and oxygen atoms in total. The molecule has 0 aliphatic rings. The molecule has 0 rings (SSSR count). The van der Waals surface area contributed by atoms with E-state index in [-0.39, 0.29) is 12.5 Å². The lowest BCUT2D eigenvalue weighted by Crippen LogP contribution is -2.50. The minimum atomic E-state index is -1.13. The number of hydrogen-bond donors (Lipinski definition) is 4. The van der Waals surface area contributed by atoms with Crippen LogP contribution in [0.5, 0.6) is 0 Å². The zero-order chi connectivity index (χ0) is 32.5. The highest BCUT2D eigenvalue weighted by molar-refractivity contribution is 5.76. The van der Waals surface area contributed by atoms with E-state index in [1.165, 1.54) is 141 Å². The van der Waals surface area contributed by atoms with E-state index in [0.29, 0.717) is 12.8 Å². The SMILES string of the molecule is CCCCCCCCCCCCCCCCCCCCCC(=O)N[C@@H](CO)[C@H](O)[C@H](O)CCCCCCCCCCC(C)C. The maximum Gasteiger partial charge on any atom is 0.220 e. The van der Waals surface area contributed by atoms with E-state index >= 15 is 0 Å². The first-order valence-corrected chi connectivity index (χ1v) is 19.7. The fourth-order valence-electron chi connectivity index (χ4n) is 6.29. The van der Waals surface area contributed by atoms with Gasteiger partial charge >= 0.3 is 0 Å². The van der Waals surface area contributed by atoms with Crippen molar-refractivity contribution in [2.24, 2.45) is 5.92 Å². The van der Waals surface area contributed by atoms with E-state index < -0.39 is 18.2 Å². The van der Waals surface area contributed by atoms with Gasteiger partial charge < -0.3 is 20.6 Å².